The van der Waals surface area contributed by atoms with Crippen LogP contribution in [0.3, 0.4) is 0 Å². The molecule has 0 bridgehead atoms. The van der Waals surface area contributed by atoms with Gasteiger partial charge in [0, 0.05) is 17.5 Å². The second-order valence-electron chi connectivity index (χ2n) is 16.9. The van der Waals surface area contributed by atoms with Gasteiger partial charge in [0.1, 0.15) is 24.6 Å². The molecule has 0 amide bonds. The van der Waals surface area contributed by atoms with E-state index in [-0.39, 0.29) is 29.1 Å². The number of ether oxygens (including phenoxy) is 3. The van der Waals surface area contributed by atoms with E-state index in [1.54, 1.807) is 20.8 Å². The topological polar surface area (TPSA) is 101 Å². The van der Waals surface area contributed by atoms with Gasteiger partial charge >= 0.3 is 12.1 Å². The van der Waals surface area contributed by atoms with Gasteiger partial charge in [-0.05, 0) is 93.3 Å². The Hall–Kier alpha value is -2.17. The Balaban J connectivity index is 2.46. The largest absolute Gasteiger partial charge is 0.508 e. The third-order valence-corrected chi connectivity index (χ3v) is 15.7. The van der Waals surface area contributed by atoms with Crippen LogP contribution in [-0.4, -0.2) is 59.9 Å². The molecule has 1 heterocycles. The number of aromatic nitrogens is 1. The Labute approximate surface area is 334 Å². The summed E-state index contributed by atoms with van der Waals surface area (Å²) in [7, 11) is -2.54. The molecule has 8 nitrogen and oxygen atoms in total. The summed E-state index contributed by atoms with van der Waals surface area (Å²) in [5, 5.41) is -0.218. The van der Waals surface area contributed by atoms with Gasteiger partial charge in [0.25, 0.3) is 0 Å². The van der Waals surface area contributed by atoms with Crippen molar-refractivity contribution in [3.63, 3.8) is 0 Å². The molecule has 12 heteroatoms. The summed E-state index contributed by atoms with van der Waals surface area (Å²) in [5.41, 5.74) is 3.69. The van der Waals surface area contributed by atoms with Crippen LogP contribution in [0.4, 0.5) is 4.79 Å². The minimum atomic E-state index is -2.54. The molecule has 1 aromatic heterocycles. The number of pyridine rings is 1. The highest BCUT2D eigenvalue weighted by molar-refractivity contribution is 6.74. The van der Waals surface area contributed by atoms with E-state index in [0.29, 0.717) is 12.8 Å². The lowest BCUT2D eigenvalue weighted by molar-refractivity contribution is -0.154. The van der Waals surface area contributed by atoms with Crippen LogP contribution in [0.1, 0.15) is 106 Å². The zero-order valence-electron chi connectivity index (χ0n) is 33.9. The van der Waals surface area contributed by atoms with Gasteiger partial charge in [-0.3, -0.25) is 14.6 Å². The first-order valence-corrected chi connectivity index (χ1v) is 22.5. The molecule has 0 radical (unpaired) electrons. The molecule has 2 rings (SSSR count). The SMILES string of the molecule is C=C[C@@H]1CC(c2ccc(C)cn2)=C(C)[C@H]1OC(=O)C[C@H](O[Si](C)(C)C(C)(C)C)C(C)(C)C(=O)[C@H](C)[C@@H](OC(=O)OCC(Cl)(Cl)Cl)[C@@H](C)CCCC(=C)C. The third kappa shape index (κ3) is 13.5. The van der Waals surface area contributed by atoms with Crippen LogP contribution in [0.5, 0.6) is 0 Å². The molecule has 53 heavy (non-hydrogen) atoms. The highest BCUT2D eigenvalue weighted by Gasteiger charge is 2.49. The van der Waals surface area contributed by atoms with Crippen molar-refractivity contribution >= 4 is 66.6 Å². The van der Waals surface area contributed by atoms with Crippen molar-refractivity contribution in [3.05, 3.63) is 60.0 Å². The lowest BCUT2D eigenvalue weighted by Gasteiger charge is -2.44. The van der Waals surface area contributed by atoms with E-state index >= 15 is 0 Å². The number of esters is 1. The fourth-order valence-electron chi connectivity index (χ4n) is 6.43. The van der Waals surface area contributed by atoms with E-state index in [9.17, 15) is 14.4 Å². The molecule has 0 aliphatic heterocycles. The second-order valence-corrected chi connectivity index (χ2v) is 24.2. The highest BCUT2D eigenvalue weighted by atomic mass is 35.6. The predicted molar refractivity (Wildman–Crippen MR) is 219 cm³/mol. The molecular weight excluding hydrogens is 753 g/mol. The quantitative estimate of drug-likeness (QED) is 0.0625. The van der Waals surface area contributed by atoms with E-state index in [4.69, 9.17) is 53.4 Å². The van der Waals surface area contributed by atoms with Crippen LogP contribution >= 0.6 is 34.8 Å². The third-order valence-electron chi connectivity index (χ3n) is 10.9. The summed E-state index contributed by atoms with van der Waals surface area (Å²) in [6, 6.07) is 4.00. The number of rotatable bonds is 18. The molecule has 0 aromatic carbocycles. The average molecular weight is 815 g/mol. The summed E-state index contributed by atoms with van der Waals surface area (Å²) in [6.45, 7) is 31.1. The molecule has 0 unspecified atom stereocenters. The number of carbonyl (C=O) groups excluding carboxylic acids is 3. The van der Waals surface area contributed by atoms with Gasteiger partial charge in [-0.2, -0.15) is 0 Å². The molecule has 0 saturated carbocycles. The normalized spacial score (nSPS) is 19.2. The van der Waals surface area contributed by atoms with Crippen molar-refractivity contribution in [2.45, 2.75) is 142 Å². The highest BCUT2D eigenvalue weighted by Crippen LogP contribution is 2.44. The van der Waals surface area contributed by atoms with Crippen LogP contribution in [0.25, 0.3) is 5.57 Å². The number of hydrogen-bond donors (Lipinski definition) is 0. The summed E-state index contributed by atoms with van der Waals surface area (Å²) in [5.74, 6) is -1.88. The Bertz CT molecular complexity index is 1490. The van der Waals surface area contributed by atoms with Crippen molar-refractivity contribution < 1.29 is 33.0 Å². The zero-order valence-corrected chi connectivity index (χ0v) is 37.1. The van der Waals surface area contributed by atoms with Gasteiger partial charge in [-0.25, -0.2) is 4.79 Å². The van der Waals surface area contributed by atoms with E-state index < -0.39 is 60.5 Å². The zero-order chi connectivity index (χ0) is 40.7. The smallest absolute Gasteiger partial charge is 0.457 e. The molecule has 0 saturated heterocycles. The Kier molecular flexibility index (Phi) is 16.9. The van der Waals surface area contributed by atoms with E-state index in [0.717, 1.165) is 40.8 Å². The molecule has 0 fully saturated rings. The Morgan fingerprint density at radius 3 is 2.21 bits per heavy atom. The molecule has 298 valence electrons. The van der Waals surface area contributed by atoms with Crippen molar-refractivity contribution in [1.29, 1.82) is 0 Å². The lowest BCUT2D eigenvalue weighted by atomic mass is 9.73. The summed E-state index contributed by atoms with van der Waals surface area (Å²) in [6.07, 6.45) is 3.08. The Morgan fingerprint density at radius 1 is 1.08 bits per heavy atom. The fourth-order valence-corrected chi connectivity index (χ4v) is 8.04. The first kappa shape index (κ1) is 47.0. The van der Waals surface area contributed by atoms with Crippen LogP contribution < -0.4 is 0 Å². The maximum absolute atomic E-state index is 14.7. The van der Waals surface area contributed by atoms with Crippen molar-refractivity contribution in [2.75, 3.05) is 6.61 Å². The first-order valence-electron chi connectivity index (χ1n) is 18.4. The standard InChI is InChI=1S/C41H62Cl3NO7Si/c1-15-30-21-31(32-20-19-26(4)23-45-32)28(6)36(30)50-34(46)22-33(52-53(13,14)39(8,9)10)40(11,12)37(47)29(7)35(27(5)18-16-17-25(2)3)51-38(48)49-24-41(42,43)44/h15,19-20,23,27,29-30,33,35-36H,1-2,16-18,21-22,24H2,3-14H3/t27-,29+,30+,33-,35-,36+/m0/s1. The maximum atomic E-state index is 14.7. The van der Waals surface area contributed by atoms with Crippen LogP contribution in [0, 0.1) is 30.1 Å². The molecule has 6 atom stereocenters. The summed E-state index contributed by atoms with van der Waals surface area (Å²) < 4.78 is 22.2. The number of ketones is 1. The molecule has 1 aromatic rings. The van der Waals surface area contributed by atoms with E-state index in [2.05, 4.69) is 52.0 Å². The molecule has 1 aliphatic carbocycles. The molecule has 1 aliphatic rings. The number of aryl methyl sites for hydroxylation is 1. The van der Waals surface area contributed by atoms with Crippen molar-refractivity contribution in [2.24, 2.45) is 23.2 Å². The number of halogens is 3. The van der Waals surface area contributed by atoms with Crippen LogP contribution in [0.2, 0.25) is 18.1 Å². The van der Waals surface area contributed by atoms with E-state index in [1.807, 2.05) is 52.1 Å². The second kappa shape index (κ2) is 19.1. The summed E-state index contributed by atoms with van der Waals surface area (Å²) >= 11 is 17.4. The number of allylic oxidation sites excluding steroid dienone is 2. The van der Waals surface area contributed by atoms with Crippen molar-refractivity contribution in [3.8, 4) is 0 Å². The lowest BCUT2D eigenvalue weighted by Crippen LogP contribution is -2.53. The van der Waals surface area contributed by atoms with Gasteiger partial charge in [0.2, 0.25) is 3.79 Å². The predicted octanol–water partition coefficient (Wildman–Crippen LogP) is 11.6. The maximum Gasteiger partial charge on any atom is 0.508 e. The van der Waals surface area contributed by atoms with Crippen LogP contribution in [-0.2, 0) is 28.2 Å². The fraction of sp³-hybridized carbons (Fsp3) is 0.659. The molecular formula is C41H62Cl3NO7Si. The van der Waals surface area contributed by atoms with Crippen LogP contribution in [0.15, 0.2) is 48.7 Å². The number of alkyl halides is 3. The minimum absolute atomic E-state index is 0.128. The average Bonchev–Trinajstić information content (AvgIpc) is 3.34. The number of nitrogens with zero attached hydrogens (tertiary/aromatic N) is 1. The Morgan fingerprint density at radius 2 is 1.70 bits per heavy atom. The van der Waals surface area contributed by atoms with Gasteiger partial charge in [0.05, 0.1) is 24.1 Å². The summed E-state index contributed by atoms with van der Waals surface area (Å²) in [4.78, 5) is 46.2. The minimum Gasteiger partial charge on any atom is -0.457 e. The van der Waals surface area contributed by atoms with E-state index in [1.165, 1.54) is 0 Å². The molecule has 0 N–H and O–H groups in total. The van der Waals surface area contributed by atoms with Gasteiger partial charge in [-0.1, -0.05) is 101 Å². The number of carbonyl (C=O) groups is 3. The van der Waals surface area contributed by atoms with Gasteiger partial charge in [-0.15, -0.1) is 13.2 Å². The number of hydrogen-bond acceptors (Lipinski definition) is 8. The first-order chi connectivity index (χ1) is 24.2. The number of Topliss-reactive ketones (excluding diaryl/α,β-unsaturated/α-hetero) is 1. The van der Waals surface area contributed by atoms with Crippen molar-refractivity contribution in [1.82, 2.24) is 4.98 Å². The van der Waals surface area contributed by atoms with Gasteiger partial charge in [0.15, 0.2) is 8.32 Å². The molecule has 0 spiro atoms. The monoisotopic (exact) mass is 813 g/mol. The van der Waals surface area contributed by atoms with Gasteiger partial charge < -0.3 is 18.6 Å².